The van der Waals surface area contributed by atoms with Crippen LogP contribution in [0.3, 0.4) is 0 Å². The molecule has 3 aromatic rings. The number of pyridine rings is 1. The summed E-state index contributed by atoms with van der Waals surface area (Å²) in [5, 5.41) is 2.42. The molecule has 0 spiro atoms. The van der Waals surface area contributed by atoms with E-state index in [2.05, 4.69) is 20.9 Å². The number of halogens is 2. The molecule has 74 valence electrons. The van der Waals surface area contributed by atoms with E-state index < -0.39 is 0 Å². The Balaban J connectivity index is 2.66. The summed E-state index contributed by atoms with van der Waals surface area (Å²) in [6.45, 7) is 0. The van der Waals surface area contributed by atoms with Gasteiger partial charge in [0.15, 0.2) is 10.7 Å². The number of aromatic nitrogens is 1. The maximum Gasteiger partial charge on any atom is 0.173 e. The summed E-state index contributed by atoms with van der Waals surface area (Å²) in [7, 11) is 0. The topological polar surface area (TPSA) is 26.0 Å². The third kappa shape index (κ3) is 1.27. The van der Waals surface area contributed by atoms with E-state index in [0.717, 1.165) is 20.8 Å². The Morgan fingerprint density at radius 2 is 2.07 bits per heavy atom. The van der Waals surface area contributed by atoms with Gasteiger partial charge in [-0.05, 0) is 22.0 Å². The number of nitrogens with zero attached hydrogens (tertiary/aromatic N) is 1. The first kappa shape index (κ1) is 9.19. The fourth-order valence-electron chi connectivity index (χ4n) is 1.66. The molecular formula is C11H5BrClNO. The monoisotopic (exact) mass is 281 g/mol. The number of fused-ring (bicyclic) bond motifs is 3. The minimum absolute atomic E-state index is 0.393. The Morgan fingerprint density at radius 3 is 2.93 bits per heavy atom. The molecule has 0 aliphatic heterocycles. The van der Waals surface area contributed by atoms with Gasteiger partial charge in [0, 0.05) is 21.4 Å². The van der Waals surface area contributed by atoms with Crippen molar-refractivity contribution >= 4 is 49.5 Å². The van der Waals surface area contributed by atoms with Crippen molar-refractivity contribution in [1.82, 2.24) is 4.98 Å². The molecule has 1 aromatic carbocycles. The van der Waals surface area contributed by atoms with Crippen LogP contribution in [0.15, 0.2) is 39.4 Å². The van der Waals surface area contributed by atoms with Gasteiger partial charge in [0.1, 0.15) is 5.58 Å². The summed E-state index contributed by atoms with van der Waals surface area (Å²) >= 11 is 9.42. The smallest absolute Gasteiger partial charge is 0.173 e. The summed E-state index contributed by atoms with van der Waals surface area (Å²) in [4.78, 5) is 4.03. The molecule has 0 radical (unpaired) electrons. The second-order valence-electron chi connectivity index (χ2n) is 3.20. The standard InChI is InChI=1S/C11H5BrClNO/c12-7-5-14-11(13)10-9(7)6-3-1-2-4-8(6)15-10/h1-5H. The van der Waals surface area contributed by atoms with Crippen LogP contribution in [0.5, 0.6) is 0 Å². The third-order valence-electron chi connectivity index (χ3n) is 2.31. The molecule has 2 aromatic heterocycles. The van der Waals surface area contributed by atoms with Crippen molar-refractivity contribution < 1.29 is 4.42 Å². The van der Waals surface area contributed by atoms with Gasteiger partial charge in [-0.2, -0.15) is 0 Å². The Hall–Kier alpha value is -1.06. The maximum absolute atomic E-state index is 5.97. The minimum Gasteiger partial charge on any atom is -0.453 e. The van der Waals surface area contributed by atoms with Crippen LogP contribution in [0, 0.1) is 0 Å². The lowest BCUT2D eigenvalue weighted by Crippen LogP contribution is -1.76. The molecule has 2 nitrogen and oxygen atoms in total. The van der Waals surface area contributed by atoms with E-state index in [9.17, 15) is 0 Å². The molecule has 0 saturated carbocycles. The fourth-order valence-corrected chi connectivity index (χ4v) is 2.34. The molecule has 0 atom stereocenters. The van der Waals surface area contributed by atoms with Crippen molar-refractivity contribution in [3.05, 3.63) is 40.1 Å². The van der Waals surface area contributed by atoms with Gasteiger partial charge in [-0.3, -0.25) is 0 Å². The van der Waals surface area contributed by atoms with Crippen LogP contribution in [-0.4, -0.2) is 4.98 Å². The zero-order valence-electron chi connectivity index (χ0n) is 7.50. The molecule has 0 N–H and O–H groups in total. The largest absolute Gasteiger partial charge is 0.453 e. The lowest BCUT2D eigenvalue weighted by Gasteiger charge is -1.94. The van der Waals surface area contributed by atoms with E-state index in [4.69, 9.17) is 16.0 Å². The molecule has 0 aliphatic rings. The van der Waals surface area contributed by atoms with Gasteiger partial charge in [-0.25, -0.2) is 4.98 Å². The van der Waals surface area contributed by atoms with Crippen LogP contribution in [0.25, 0.3) is 21.9 Å². The maximum atomic E-state index is 5.97. The lowest BCUT2D eigenvalue weighted by atomic mass is 10.2. The van der Waals surface area contributed by atoms with Gasteiger partial charge in [-0.15, -0.1) is 0 Å². The fraction of sp³-hybridized carbons (Fsp3) is 0. The third-order valence-corrected chi connectivity index (χ3v) is 3.18. The molecule has 0 saturated heterocycles. The molecule has 0 bridgehead atoms. The molecule has 0 unspecified atom stereocenters. The number of hydrogen-bond acceptors (Lipinski definition) is 2. The Labute approximate surface area is 99.0 Å². The van der Waals surface area contributed by atoms with E-state index in [1.165, 1.54) is 0 Å². The van der Waals surface area contributed by atoms with Crippen molar-refractivity contribution in [3.8, 4) is 0 Å². The van der Waals surface area contributed by atoms with Crippen molar-refractivity contribution in [3.63, 3.8) is 0 Å². The molecular weight excluding hydrogens is 277 g/mol. The van der Waals surface area contributed by atoms with Gasteiger partial charge < -0.3 is 4.42 Å². The van der Waals surface area contributed by atoms with Gasteiger partial charge in [0.25, 0.3) is 0 Å². The van der Waals surface area contributed by atoms with Gasteiger partial charge in [0.2, 0.25) is 0 Å². The van der Waals surface area contributed by atoms with Gasteiger partial charge in [0.05, 0.1) is 0 Å². The molecule has 0 aliphatic carbocycles. The van der Waals surface area contributed by atoms with E-state index in [1.54, 1.807) is 6.20 Å². The zero-order valence-corrected chi connectivity index (χ0v) is 9.84. The number of para-hydroxylation sites is 1. The van der Waals surface area contributed by atoms with E-state index in [1.807, 2.05) is 24.3 Å². The summed E-state index contributed by atoms with van der Waals surface area (Å²) in [5.41, 5.74) is 1.45. The SMILES string of the molecule is Clc1ncc(Br)c2c1oc1ccccc12. The van der Waals surface area contributed by atoms with Crippen LogP contribution in [0.4, 0.5) is 0 Å². The van der Waals surface area contributed by atoms with Crippen LogP contribution in [0.1, 0.15) is 0 Å². The summed E-state index contributed by atoms with van der Waals surface area (Å²) < 4.78 is 6.53. The first-order valence-electron chi connectivity index (χ1n) is 4.38. The number of furan rings is 1. The van der Waals surface area contributed by atoms with Crippen molar-refractivity contribution in [1.29, 1.82) is 0 Å². The van der Waals surface area contributed by atoms with Crippen LogP contribution in [0.2, 0.25) is 5.15 Å². The zero-order chi connectivity index (χ0) is 10.4. The summed E-state index contributed by atoms with van der Waals surface area (Å²) in [6.07, 6.45) is 1.69. The Bertz CT molecular complexity index is 662. The highest BCUT2D eigenvalue weighted by Gasteiger charge is 2.12. The first-order valence-corrected chi connectivity index (χ1v) is 5.56. The van der Waals surface area contributed by atoms with Crippen LogP contribution in [-0.2, 0) is 0 Å². The van der Waals surface area contributed by atoms with E-state index in [-0.39, 0.29) is 0 Å². The highest BCUT2D eigenvalue weighted by atomic mass is 79.9. The molecule has 15 heavy (non-hydrogen) atoms. The van der Waals surface area contributed by atoms with E-state index in [0.29, 0.717) is 10.7 Å². The number of hydrogen-bond donors (Lipinski definition) is 0. The van der Waals surface area contributed by atoms with Gasteiger partial charge >= 0.3 is 0 Å². The van der Waals surface area contributed by atoms with Crippen molar-refractivity contribution in [2.75, 3.05) is 0 Å². The molecule has 4 heteroatoms. The predicted octanol–water partition coefficient (Wildman–Crippen LogP) is 4.40. The second-order valence-corrected chi connectivity index (χ2v) is 4.41. The van der Waals surface area contributed by atoms with Crippen molar-refractivity contribution in [2.45, 2.75) is 0 Å². The van der Waals surface area contributed by atoms with Crippen LogP contribution < -0.4 is 0 Å². The predicted molar refractivity (Wildman–Crippen MR) is 64.2 cm³/mol. The average molecular weight is 283 g/mol. The highest BCUT2D eigenvalue weighted by Crippen LogP contribution is 2.36. The number of rotatable bonds is 0. The van der Waals surface area contributed by atoms with Crippen molar-refractivity contribution in [2.24, 2.45) is 0 Å². The first-order chi connectivity index (χ1) is 7.27. The Kier molecular flexibility index (Phi) is 1.97. The molecule has 3 rings (SSSR count). The molecule has 0 amide bonds. The Morgan fingerprint density at radius 1 is 1.27 bits per heavy atom. The van der Waals surface area contributed by atoms with Gasteiger partial charge in [-0.1, -0.05) is 29.8 Å². The normalized spacial score (nSPS) is 11.3. The molecule has 2 heterocycles. The highest BCUT2D eigenvalue weighted by molar-refractivity contribution is 9.10. The number of benzene rings is 1. The summed E-state index contributed by atoms with van der Waals surface area (Å²) in [5.74, 6) is 0. The second kappa shape index (κ2) is 3.22. The summed E-state index contributed by atoms with van der Waals surface area (Å²) in [6, 6.07) is 7.82. The van der Waals surface area contributed by atoms with E-state index >= 15 is 0 Å². The molecule has 0 fully saturated rings. The van der Waals surface area contributed by atoms with Crippen LogP contribution >= 0.6 is 27.5 Å². The quantitative estimate of drug-likeness (QED) is 0.571. The minimum atomic E-state index is 0.393. The lowest BCUT2D eigenvalue weighted by molar-refractivity contribution is 0.667. The average Bonchev–Trinajstić information content (AvgIpc) is 2.64.